The third kappa shape index (κ3) is 12.6. The Morgan fingerprint density at radius 3 is 2.30 bits per heavy atom. The van der Waals surface area contributed by atoms with Gasteiger partial charge in [-0.1, -0.05) is 38.5 Å². The fourth-order valence-electron chi connectivity index (χ4n) is 4.70. The van der Waals surface area contributed by atoms with E-state index in [0.29, 0.717) is 24.3 Å². The summed E-state index contributed by atoms with van der Waals surface area (Å²) in [4.78, 5) is 9.42. The number of aliphatic hydroxyl groups excluding tert-OH is 2. The first-order chi connectivity index (χ1) is 20.5. The molecule has 3 rings (SSSR count). The van der Waals surface area contributed by atoms with Gasteiger partial charge in [-0.15, -0.1) is 6.58 Å². The first-order valence-electron chi connectivity index (χ1n) is 15.2. The standard InChI is InChI=1S/C23H32FN3O3.C12H17F/c1-4-15(3)27-21(16-5-8-18(24)9-6-16)20(26-12-11-14(2)22(25)28)10-7-17-13-19(17)23(29)30;1-3-5-6-11-9-12(13)8-7-10(11)4-2/h4-6,8-9,11,15,17,19,22-23,28-30H,1,7,10,12-13,25H2,2-3H3;7-9H,3-6H2,1-2H3/b14-11+,26-20?,27-21?;. The molecule has 1 saturated carbocycles. The van der Waals surface area contributed by atoms with Crippen LogP contribution in [0.15, 0.2) is 76.8 Å². The van der Waals surface area contributed by atoms with Gasteiger partial charge in [-0.2, -0.15) is 0 Å². The van der Waals surface area contributed by atoms with Gasteiger partial charge in [-0.05, 0) is 111 Å². The highest BCUT2D eigenvalue weighted by molar-refractivity contribution is 6.48. The quantitative estimate of drug-likeness (QED) is 0.110. The number of benzene rings is 2. The van der Waals surface area contributed by atoms with Crippen LogP contribution in [0.2, 0.25) is 0 Å². The Bertz CT molecular complexity index is 1240. The molecular weight excluding hydrogens is 548 g/mol. The first-order valence-corrected chi connectivity index (χ1v) is 15.2. The molecule has 2 aromatic carbocycles. The minimum absolute atomic E-state index is 0.0981. The third-order valence-corrected chi connectivity index (χ3v) is 7.69. The molecule has 2 aromatic rings. The molecule has 0 heterocycles. The van der Waals surface area contributed by atoms with Gasteiger partial charge in [0.05, 0.1) is 24.0 Å². The lowest BCUT2D eigenvalue weighted by Crippen LogP contribution is -2.21. The van der Waals surface area contributed by atoms with Gasteiger partial charge in [0.15, 0.2) is 6.29 Å². The van der Waals surface area contributed by atoms with Crippen LogP contribution in [-0.2, 0) is 12.8 Å². The van der Waals surface area contributed by atoms with Gasteiger partial charge < -0.3 is 21.1 Å². The Balaban J connectivity index is 0.000000413. The monoisotopic (exact) mass is 597 g/mol. The highest BCUT2D eigenvalue weighted by Crippen LogP contribution is 2.44. The molecule has 8 heteroatoms. The molecule has 0 aliphatic heterocycles. The topological polar surface area (TPSA) is 111 Å². The number of nitrogens with two attached hydrogens (primary N) is 1. The van der Waals surface area contributed by atoms with Crippen LogP contribution < -0.4 is 5.73 Å². The Labute approximate surface area is 255 Å². The molecule has 0 spiro atoms. The summed E-state index contributed by atoms with van der Waals surface area (Å²) in [7, 11) is 0. The van der Waals surface area contributed by atoms with Crippen molar-refractivity contribution in [2.24, 2.45) is 27.6 Å². The van der Waals surface area contributed by atoms with Crippen molar-refractivity contribution < 1.29 is 24.1 Å². The van der Waals surface area contributed by atoms with Crippen molar-refractivity contribution in [1.82, 2.24) is 0 Å². The zero-order valence-electron chi connectivity index (χ0n) is 26.0. The Kier molecular flexibility index (Phi) is 15.6. The number of nitrogens with zero attached hydrogens (tertiary/aromatic N) is 2. The normalized spacial score (nSPS) is 18.6. The van der Waals surface area contributed by atoms with Crippen molar-refractivity contribution in [1.29, 1.82) is 0 Å². The van der Waals surface area contributed by atoms with Crippen molar-refractivity contribution in [2.45, 2.75) is 91.2 Å². The van der Waals surface area contributed by atoms with E-state index < -0.39 is 12.5 Å². The number of hydrogen-bond acceptors (Lipinski definition) is 6. The molecule has 4 atom stereocenters. The number of aliphatic hydroxyl groups is 3. The van der Waals surface area contributed by atoms with E-state index in [9.17, 15) is 24.1 Å². The summed E-state index contributed by atoms with van der Waals surface area (Å²) in [6.45, 7) is 12.0. The zero-order chi connectivity index (χ0) is 31.9. The summed E-state index contributed by atoms with van der Waals surface area (Å²) >= 11 is 0. The Morgan fingerprint density at radius 2 is 1.74 bits per heavy atom. The van der Waals surface area contributed by atoms with Crippen LogP contribution in [-0.4, -0.2) is 51.8 Å². The van der Waals surface area contributed by atoms with Crippen LogP contribution in [0.4, 0.5) is 8.78 Å². The van der Waals surface area contributed by atoms with Crippen LogP contribution >= 0.6 is 0 Å². The molecule has 0 aromatic heterocycles. The minimum Gasteiger partial charge on any atom is -0.375 e. The van der Waals surface area contributed by atoms with E-state index in [1.165, 1.54) is 29.7 Å². The van der Waals surface area contributed by atoms with Gasteiger partial charge in [-0.3, -0.25) is 9.98 Å². The highest BCUT2D eigenvalue weighted by Gasteiger charge is 2.41. The van der Waals surface area contributed by atoms with Crippen molar-refractivity contribution in [2.75, 3.05) is 6.54 Å². The number of halogens is 2. The van der Waals surface area contributed by atoms with E-state index >= 15 is 0 Å². The summed E-state index contributed by atoms with van der Waals surface area (Å²) in [5.41, 5.74) is 10.7. The van der Waals surface area contributed by atoms with Gasteiger partial charge >= 0.3 is 0 Å². The summed E-state index contributed by atoms with van der Waals surface area (Å²) in [5.74, 6) is -0.311. The van der Waals surface area contributed by atoms with E-state index in [0.717, 1.165) is 43.4 Å². The molecular formula is C35H49F2N3O3. The summed E-state index contributed by atoms with van der Waals surface area (Å²) in [5, 5.41) is 28.2. The lowest BCUT2D eigenvalue weighted by Gasteiger charge is -2.14. The Morgan fingerprint density at radius 1 is 1.07 bits per heavy atom. The number of hydrogen-bond donors (Lipinski definition) is 4. The van der Waals surface area contributed by atoms with Gasteiger partial charge in [0.2, 0.25) is 0 Å². The molecule has 0 amide bonds. The largest absolute Gasteiger partial charge is 0.375 e. The lowest BCUT2D eigenvalue weighted by atomic mass is 9.99. The maximum atomic E-state index is 13.5. The number of aliphatic imine (C=N–C) groups is 2. The average Bonchev–Trinajstić information content (AvgIpc) is 3.77. The fraction of sp³-hybridized carbons (Fsp3) is 0.486. The molecule has 236 valence electrons. The van der Waals surface area contributed by atoms with Crippen LogP contribution in [0, 0.1) is 23.5 Å². The molecule has 5 N–H and O–H groups in total. The molecule has 6 nitrogen and oxygen atoms in total. The SMILES string of the molecule is C=CC(C)N=C(C(CCC1CC1C(O)O)=NC/C=C(\C)C(N)O)c1ccc(F)cc1.CCCCc1cc(F)ccc1CC. The van der Waals surface area contributed by atoms with Crippen LogP contribution in [0.5, 0.6) is 0 Å². The first kappa shape index (κ1) is 36.2. The fourth-order valence-corrected chi connectivity index (χ4v) is 4.70. The molecule has 4 unspecified atom stereocenters. The van der Waals surface area contributed by atoms with E-state index in [2.05, 4.69) is 20.4 Å². The average molecular weight is 598 g/mol. The van der Waals surface area contributed by atoms with Crippen molar-refractivity contribution >= 4 is 11.4 Å². The smallest absolute Gasteiger partial charge is 0.154 e. The van der Waals surface area contributed by atoms with Crippen LogP contribution in [0.25, 0.3) is 0 Å². The highest BCUT2D eigenvalue weighted by atomic mass is 19.1. The van der Waals surface area contributed by atoms with Gasteiger partial charge in [-0.25, -0.2) is 8.78 Å². The van der Waals surface area contributed by atoms with Gasteiger partial charge in [0, 0.05) is 11.5 Å². The van der Waals surface area contributed by atoms with E-state index in [1.54, 1.807) is 43.3 Å². The van der Waals surface area contributed by atoms with E-state index in [4.69, 9.17) is 15.7 Å². The Hall–Kier alpha value is -3.04. The van der Waals surface area contributed by atoms with E-state index in [1.807, 2.05) is 13.0 Å². The molecule has 1 aliphatic carbocycles. The molecule has 0 bridgehead atoms. The maximum Gasteiger partial charge on any atom is 0.154 e. The minimum atomic E-state index is -1.29. The molecule has 0 saturated heterocycles. The van der Waals surface area contributed by atoms with Gasteiger partial charge in [0.1, 0.15) is 17.9 Å². The number of unbranched alkanes of at least 4 members (excludes halogenated alkanes) is 1. The summed E-state index contributed by atoms with van der Waals surface area (Å²) in [6, 6.07) is 11.1. The molecule has 43 heavy (non-hydrogen) atoms. The molecule has 1 fully saturated rings. The third-order valence-electron chi connectivity index (χ3n) is 7.69. The zero-order valence-corrected chi connectivity index (χ0v) is 26.0. The summed E-state index contributed by atoms with van der Waals surface area (Å²) in [6.07, 6.45) is 7.57. The van der Waals surface area contributed by atoms with Crippen molar-refractivity contribution in [3.8, 4) is 0 Å². The second-order valence-electron chi connectivity index (χ2n) is 11.1. The van der Waals surface area contributed by atoms with Crippen molar-refractivity contribution in [3.05, 3.63) is 95.1 Å². The number of aryl methyl sites for hydroxylation is 2. The van der Waals surface area contributed by atoms with Gasteiger partial charge in [0.25, 0.3) is 0 Å². The second kappa shape index (κ2) is 18.6. The molecule has 0 radical (unpaired) electrons. The van der Waals surface area contributed by atoms with Crippen LogP contribution in [0.1, 0.15) is 76.5 Å². The van der Waals surface area contributed by atoms with Crippen LogP contribution in [0.3, 0.4) is 0 Å². The lowest BCUT2D eigenvalue weighted by molar-refractivity contribution is -0.0602. The maximum absolute atomic E-state index is 13.5. The number of rotatable bonds is 15. The summed E-state index contributed by atoms with van der Waals surface area (Å²) < 4.78 is 26.4. The predicted molar refractivity (Wildman–Crippen MR) is 172 cm³/mol. The molecule has 1 aliphatic rings. The van der Waals surface area contributed by atoms with E-state index in [-0.39, 0.29) is 29.5 Å². The predicted octanol–water partition coefficient (Wildman–Crippen LogP) is 6.31. The second-order valence-corrected chi connectivity index (χ2v) is 11.1. The van der Waals surface area contributed by atoms with Crippen molar-refractivity contribution in [3.63, 3.8) is 0 Å².